The van der Waals surface area contributed by atoms with Crippen LogP contribution < -0.4 is 0 Å². The van der Waals surface area contributed by atoms with E-state index >= 15 is 0 Å². The zero-order valence-electron chi connectivity index (χ0n) is 9.51. The molecule has 1 atom stereocenters. The van der Waals surface area contributed by atoms with Crippen molar-refractivity contribution in [2.24, 2.45) is 0 Å². The third-order valence-electron chi connectivity index (χ3n) is 2.67. The van der Waals surface area contributed by atoms with Gasteiger partial charge in [0.2, 0.25) is 7.37 Å². The predicted molar refractivity (Wildman–Crippen MR) is 68.2 cm³/mol. The highest BCUT2D eigenvalue weighted by molar-refractivity contribution is 7.57. The lowest BCUT2D eigenvalue weighted by atomic mass is 10.1. The first-order valence-corrected chi connectivity index (χ1v) is 7.46. The molecule has 2 nitrogen and oxygen atoms in total. The lowest BCUT2D eigenvalue weighted by Crippen LogP contribution is -1.89. The van der Waals surface area contributed by atoms with E-state index in [-0.39, 0.29) is 0 Å². The van der Waals surface area contributed by atoms with E-state index < -0.39 is 7.37 Å². The number of benzene rings is 2. The SMILES string of the molecule is COP(C)(=O)Cc1ccc2ccccc2c1. The fraction of sp³-hybridized carbons (Fsp3) is 0.231. The Morgan fingerprint density at radius 1 is 1.12 bits per heavy atom. The molecule has 2 aromatic carbocycles. The molecule has 0 spiro atoms. The topological polar surface area (TPSA) is 26.3 Å². The molecule has 0 N–H and O–H groups in total. The van der Waals surface area contributed by atoms with Gasteiger partial charge in [0.25, 0.3) is 0 Å². The van der Waals surface area contributed by atoms with Crippen LogP contribution in [0, 0.1) is 0 Å². The van der Waals surface area contributed by atoms with Gasteiger partial charge in [0.1, 0.15) is 0 Å². The molecule has 16 heavy (non-hydrogen) atoms. The van der Waals surface area contributed by atoms with Gasteiger partial charge < -0.3 is 4.52 Å². The average Bonchev–Trinajstić information content (AvgIpc) is 2.28. The Hall–Kier alpha value is -1.11. The van der Waals surface area contributed by atoms with Crippen molar-refractivity contribution in [3.8, 4) is 0 Å². The van der Waals surface area contributed by atoms with Crippen LogP contribution in [0.1, 0.15) is 5.56 Å². The highest BCUT2D eigenvalue weighted by atomic mass is 31.2. The average molecular weight is 234 g/mol. The molecule has 0 saturated heterocycles. The summed E-state index contributed by atoms with van der Waals surface area (Å²) >= 11 is 0. The van der Waals surface area contributed by atoms with Gasteiger partial charge in [-0.25, -0.2) is 0 Å². The molecule has 1 unspecified atom stereocenters. The maximum Gasteiger partial charge on any atom is 0.204 e. The molecule has 0 radical (unpaired) electrons. The monoisotopic (exact) mass is 234 g/mol. The first kappa shape index (κ1) is 11.4. The van der Waals surface area contributed by atoms with E-state index in [0.717, 1.165) is 5.56 Å². The Labute approximate surface area is 95.7 Å². The minimum atomic E-state index is -2.47. The Bertz CT molecular complexity index is 548. The molecule has 0 heterocycles. The normalized spacial score (nSPS) is 14.9. The Morgan fingerprint density at radius 2 is 1.81 bits per heavy atom. The van der Waals surface area contributed by atoms with Crippen molar-refractivity contribution < 1.29 is 9.09 Å². The fourth-order valence-corrected chi connectivity index (χ4v) is 2.72. The van der Waals surface area contributed by atoms with Crippen molar-refractivity contribution in [3.05, 3.63) is 48.0 Å². The molecule has 0 bridgehead atoms. The highest BCUT2D eigenvalue weighted by Crippen LogP contribution is 2.45. The number of hydrogen-bond acceptors (Lipinski definition) is 2. The molecular weight excluding hydrogens is 219 g/mol. The summed E-state index contributed by atoms with van der Waals surface area (Å²) in [6.45, 7) is 1.67. The second kappa shape index (κ2) is 4.40. The molecule has 3 heteroatoms. The molecule has 0 saturated carbocycles. The number of hydrogen-bond donors (Lipinski definition) is 0. The Kier molecular flexibility index (Phi) is 3.13. The van der Waals surface area contributed by atoms with Gasteiger partial charge in [0.15, 0.2) is 0 Å². The van der Waals surface area contributed by atoms with Gasteiger partial charge >= 0.3 is 0 Å². The largest absolute Gasteiger partial charge is 0.332 e. The van der Waals surface area contributed by atoms with Crippen molar-refractivity contribution in [3.63, 3.8) is 0 Å². The summed E-state index contributed by atoms with van der Waals surface area (Å²) in [5.74, 6) is 0. The van der Waals surface area contributed by atoms with Gasteiger partial charge in [-0.3, -0.25) is 4.57 Å². The van der Waals surface area contributed by atoms with Crippen LogP contribution in [0.4, 0.5) is 0 Å². The molecular formula is C13H15O2P. The van der Waals surface area contributed by atoms with Crippen LogP contribution in [0.2, 0.25) is 0 Å². The molecule has 0 aliphatic carbocycles. The van der Waals surface area contributed by atoms with Crippen LogP contribution in [-0.4, -0.2) is 13.8 Å². The van der Waals surface area contributed by atoms with Crippen molar-refractivity contribution in [1.29, 1.82) is 0 Å². The van der Waals surface area contributed by atoms with E-state index in [9.17, 15) is 4.57 Å². The predicted octanol–water partition coefficient (Wildman–Crippen LogP) is 3.89. The van der Waals surface area contributed by atoms with Crippen molar-refractivity contribution in [2.45, 2.75) is 6.16 Å². The van der Waals surface area contributed by atoms with Crippen LogP contribution in [0.3, 0.4) is 0 Å². The molecule has 0 amide bonds. The summed E-state index contributed by atoms with van der Waals surface area (Å²) in [7, 11) is -0.972. The summed E-state index contributed by atoms with van der Waals surface area (Å²) in [4.78, 5) is 0. The first-order chi connectivity index (χ1) is 7.61. The van der Waals surface area contributed by atoms with Crippen LogP contribution in [0.5, 0.6) is 0 Å². The molecule has 2 aromatic rings. The quantitative estimate of drug-likeness (QED) is 0.753. The smallest absolute Gasteiger partial charge is 0.204 e. The van der Waals surface area contributed by atoms with Crippen molar-refractivity contribution in [1.82, 2.24) is 0 Å². The molecule has 84 valence electrons. The lowest BCUT2D eigenvalue weighted by molar-refractivity contribution is 0.398. The standard InChI is InChI=1S/C13H15O2P/c1-15-16(2,14)10-11-7-8-12-5-3-4-6-13(12)9-11/h3-9H,10H2,1-2H3. The maximum atomic E-state index is 11.9. The van der Waals surface area contributed by atoms with Gasteiger partial charge in [0.05, 0.1) is 0 Å². The number of rotatable bonds is 3. The fourth-order valence-electron chi connectivity index (χ4n) is 1.73. The van der Waals surface area contributed by atoms with Crippen LogP contribution in [0.15, 0.2) is 42.5 Å². The second-order valence-corrected chi connectivity index (χ2v) is 6.75. The zero-order chi connectivity index (χ0) is 11.6. The van der Waals surface area contributed by atoms with Crippen LogP contribution >= 0.6 is 7.37 Å². The van der Waals surface area contributed by atoms with Gasteiger partial charge in [-0.05, 0) is 16.3 Å². The van der Waals surface area contributed by atoms with E-state index in [2.05, 4.69) is 24.3 Å². The Morgan fingerprint density at radius 3 is 2.50 bits per heavy atom. The van der Waals surface area contributed by atoms with Gasteiger partial charge in [-0.2, -0.15) is 0 Å². The van der Waals surface area contributed by atoms with E-state index in [1.165, 1.54) is 17.9 Å². The molecule has 0 aliphatic rings. The zero-order valence-corrected chi connectivity index (χ0v) is 10.4. The second-order valence-electron chi connectivity index (χ2n) is 4.04. The van der Waals surface area contributed by atoms with Crippen LogP contribution in [0.25, 0.3) is 10.8 Å². The summed E-state index contributed by atoms with van der Waals surface area (Å²) in [6.07, 6.45) is 0.494. The van der Waals surface area contributed by atoms with E-state index in [4.69, 9.17) is 4.52 Å². The van der Waals surface area contributed by atoms with Crippen molar-refractivity contribution in [2.75, 3.05) is 13.8 Å². The third kappa shape index (κ3) is 2.52. The molecule has 0 fully saturated rings. The van der Waals surface area contributed by atoms with E-state index in [1.807, 2.05) is 18.2 Å². The van der Waals surface area contributed by atoms with Gasteiger partial charge in [-0.1, -0.05) is 42.5 Å². The lowest BCUT2D eigenvalue weighted by Gasteiger charge is -2.10. The van der Waals surface area contributed by atoms with Crippen LogP contribution in [-0.2, 0) is 15.3 Å². The first-order valence-electron chi connectivity index (χ1n) is 5.21. The number of fused-ring (bicyclic) bond motifs is 1. The summed E-state index contributed by atoms with van der Waals surface area (Å²) in [5, 5.41) is 2.38. The highest BCUT2D eigenvalue weighted by Gasteiger charge is 2.14. The maximum absolute atomic E-state index is 11.9. The van der Waals surface area contributed by atoms with E-state index in [0.29, 0.717) is 6.16 Å². The molecule has 0 aliphatic heterocycles. The molecule has 0 aromatic heterocycles. The van der Waals surface area contributed by atoms with E-state index in [1.54, 1.807) is 6.66 Å². The minimum Gasteiger partial charge on any atom is -0.332 e. The minimum absolute atomic E-state index is 0.494. The summed E-state index contributed by atoms with van der Waals surface area (Å²) in [6, 6.07) is 14.3. The molecule has 2 rings (SSSR count). The van der Waals surface area contributed by atoms with Gasteiger partial charge in [-0.15, -0.1) is 0 Å². The van der Waals surface area contributed by atoms with Crippen molar-refractivity contribution >= 4 is 18.1 Å². The van der Waals surface area contributed by atoms with Gasteiger partial charge in [0, 0.05) is 19.9 Å². The summed E-state index contributed by atoms with van der Waals surface area (Å²) < 4.78 is 16.9. The Balaban J connectivity index is 2.37. The summed E-state index contributed by atoms with van der Waals surface area (Å²) in [5.41, 5.74) is 1.06. The third-order valence-corrected chi connectivity index (χ3v) is 4.38.